The average molecular weight is 530 g/mol. The molecule has 2 bridgehead atoms. The maximum Gasteiger partial charge on any atom is 0.416 e. The van der Waals surface area contributed by atoms with Crippen LogP contribution in [0.1, 0.15) is 75.2 Å². The first-order chi connectivity index (χ1) is 18.0. The lowest BCUT2D eigenvalue weighted by molar-refractivity contribution is -0.154. The first kappa shape index (κ1) is 27.0. The van der Waals surface area contributed by atoms with Gasteiger partial charge in [0.2, 0.25) is 5.91 Å². The lowest BCUT2D eigenvalue weighted by atomic mass is 9.55. The third-order valence-electron chi connectivity index (χ3n) is 8.78. The van der Waals surface area contributed by atoms with Crippen LogP contribution in [0.15, 0.2) is 48.5 Å². The highest BCUT2D eigenvalue weighted by molar-refractivity contribution is 5.78. The standard InChI is InChI=1S/C31H38F3NO3/c1-20-12-22-13-21(2)15-30(14-20,16-22)17-28(36)35-18-25(19-35)38-29(23-8-10-24(37-3)11-9-23)26-6-4-5-7-27(26)31(32,33)34/h4-11,20-22,25,29H,12-19H2,1-3H3. The summed E-state index contributed by atoms with van der Waals surface area (Å²) in [5.74, 6) is 2.80. The third-order valence-corrected chi connectivity index (χ3v) is 8.78. The highest BCUT2D eigenvalue weighted by Crippen LogP contribution is 2.54. The van der Waals surface area contributed by atoms with Gasteiger partial charge in [0, 0.05) is 19.5 Å². The number of rotatable bonds is 7. The highest BCUT2D eigenvalue weighted by Gasteiger charge is 2.47. The minimum atomic E-state index is -4.50. The van der Waals surface area contributed by atoms with E-state index in [1.807, 2.05) is 4.90 Å². The zero-order valence-corrected chi connectivity index (χ0v) is 22.5. The maximum absolute atomic E-state index is 13.9. The Hall–Kier alpha value is -2.54. The number of carbonyl (C=O) groups is 1. The average Bonchev–Trinajstić information content (AvgIpc) is 2.81. The van der Waals surface area contributed by atoms with Crippen molar-refractivity contribution < 1.29 is 27.4 Å². The number of halogens is 3. The van der Waals surface area contributed by atoms with E-state index in [-0.39, 0.29) is 23.0 Å². The zero-order chi connectivity index (χ0) is 27.1. The van der Waals surface area contributed by atoms with Crippen LogP contribution >= 0.6 is 0 Å². The van der Waals surface area contributed by atoms with Crippen molar-refractivity contribution in [3.8, 4) is 5.75 Å². The SMILES string of the molecule is COc1ccc(C(OC2CN(C(=O)CC34CC(C)CC(CC(C)C3)C4)C2)c2ccccc2C(F)(F)F)cc1. The van der Waals surface area contributed by atoms with Crippen LogP contribution < -0.4 is 4.74 Å². The molecule has 3 unspecified atom stereocenters. The molecule has 2 saturated carbocycles. The predicted molar refractivity (Wildman–Crippen MR) is 140 cm³/mol. The van der Waals surface area contributed by atoms with Crippen LogP contribution in [-0.2, 0) is 15.7 Å². The summed E-state index contributed by atoms with van der Waals surface area (Å²) in [6, 6.07) is 12.5. The van der Waals surface area contributed by atoms with Gasteiger partial charge in [0.05, 0.1) is 18.8 Å². The smallest absolute Gasteiger partial charge is 0.416 e. The van der Waals surface area contributed by atoms with Crippen LogP contribution in [0.4, 0.5) is 13.2 Å². The first-order valence-electron chi connectivity index (χ1n) is 13.8. The number of hydrogen-bond acceptors (Lipinski definition) is 3. The summed E-state index contributed by atoms with van der Waals surface area (Å²) in [4.78, 5) is 15.2. The summed E-state index contributed by atoms with van der Waals surface area (Å²) in [5, 5.41) is 0. The second-order valence-corrected chi connectivity index (χ2v) is 12.1. The van der Waals surface area contributed by atoms with Gasteiger partial charge in [0.25, 0.3) is 0 Å². The molecule has 0 spiro atoms. The van der Waals surface area contributed by atoms with Crippen LogP contribution in [0.3, 0.4) is 0 Å². The maximum atomic E-state index is 13.9. The fraction of sp³-hybridized carbons (Fsp3) is 0.581. The number of ether oxygens (including phenoxy) is 2. The van der Waals surface area contributed by atoms with Crippen molar-refractivity contribution in [1.29, 1.82) is 0 Å². The zero-order valence-electron chi connectivity index (χ0n) is 22.5. The van der Waals surface area contributed by atoms with Gasteiger partial charge < -0.3 is 14.4 Å². The molecular formula is C31H38F3NO3. The quantitative estimate of drug-likeness (QED) is 0.379. The van der Waals surface area contributed by atoms with Crippen molar-refractivity contribution >= 4 is 5.91 Å². The Bertz CT molecular complexity index is 1110. The van der Waals surface area contributed by atoms with Gasteiger partial charge in [-0.3, -0.25) is 4.79 Å². The molecule has 2 aromatic carbocycles. The summed E-state index contributed by atoms with van der Waals surface area (Å²) in [5.41, 5.74) is 0.0803. The molecule has 38 heavy (non-hydrogen) atoms. The van der Waals surface area contributed by atoms with E-state index >= 15 is 0 Å². The number of benzene rings is 2. The van der Waals surface area contributed by atoms with Crippen LogP contribution in [0, 0.1) is 23.2 Å². The molecule has 0 radical (unpaired) electrons. The van der Waals surface area contributed by atoms with Crippen LogP contribution in [-0.4, -0.2) is 37.1 Å². The minimum Gasteiger partial charge on any atom is -0.497 e. The Balaban J connectivity index is 1.29. The molecule has 1 heterocycles. The van der Waals surface area contributed by atoms with E-state index in [2.05, 4.69) is 13.8 Å². The summed E-state index contributed by atoms with van der Waals surface area (Å²) < 4.78 is 53.2. The molecule has 1 aliphatic heterocycles. The normalized spacial score (nSPS) is 28.5. The lowest BCUT2D eigenvalue weighted by Crippen LogP contribution is -2.56. The molecule has 0 aromatic heterocycles. The molecular weight excluding hydrogens is 491 g/mol. The Kier molecular flexibility index (Phi) is 7.51. The van der Waals surface area contributed by atoms with Gasteiger partial charge in [-0.2, -0.15) is 13.2 Å². The molecule has 0 N–H and O–H groups in total. The molecule has 1 amide bonds. The van der Waals surface area contributed by atoms with E-state index in [0.717, 1.165) is 31.2 Å². The van der Waals surface area contributed by atoms with Gasteiger partial charge in [0.1, 0.15) is 11.9 Å². The molecule has 2 aromatic rings. The molecule has 4 nitrogen and oxygen atoms in total. The Morgan fingerprint density at radius 3 is 2.24 bits per heavy atom. The molecule has 3 fully saturated rings. The number of carbonyl (C=O) groups excluding carboxylic acids is 1. The van der Waals surface area contributed by atoms with Crippen molar-refractivity contribution in [2.75, 3.05) is 20.2 Å². The lowest BCUT2D eigenvalue weighted by Gasteiger charge is -2.51. The fourth-order valence-corrected chi connectivity index (χ4v) is 7.57. The molecule has 206 valence electrons. The second-order valence-electron chi connectivity index (χ2n) is 12.1. The predicted octanol–water partition coefficient (Wildman–Crippen LogP) is 7.27. The molecule has 5 rings (SSSR count). The van der Waals surface area contributed by atoms with Gasteiger partial charge in [-0.05, 0) is 84.6 Å². The largest absolute Gasteiger partial charge is 0.497 e. The molecule has 3 aliphatic rings. The highest BCUT2D eigenvalue weighted by atomic mass is 19.4. The van der Waals surface area contributed by atoms with E-state index in [0.29, 0.717) is 42.7 Å². The van der Waals surface area contributed by atoms with E-state index in [9.17, 15) is 18.0 Å². The minimum absolute atomic E-state index is 0.0762. The number of methoxy groups -OCH3 is 1. The van der Waals surface area contributed by atoms with Gasteiger partial charge in [-0.25, -0.2) is 0 Å². The molecule has 1 saturated heterocycles. The fourth-order valence-electron chi connectivity index (χ4n) is 7.57. The summed E-state index contributed by atoms with van der Waals surface area (Å²) >= 11 is 0. The van der Waals surface area contributed by atoms with E-state index < -0.39 is 17.8 Å². The van der Waals surface area contributed by atoms with E-state index in [1.165, 1.54) is 25.0 Å². The van der Waals surface area contributed by atoms with Gasteiger partial charge in [0.15, 0.2) is 0 Å². The molecule has 3 atom stereocenters. The van der Waals surface area contributed by atoms with Crippen molar-refractivity contribution in [3.63, 3.8) is 0 Å². The number of alkyl halides is 3. The molecule has 2 aliphatic carbocycles. The number of hydrogen-bond donors (Lipinski definition) is 0. The first-order valence-corrected chi connectivity index (χ1v) is 13.8. The molecule has 7 heteroatoms. The van der Waals surface area contributed by atoms with Gasteiger partial charge in [-0.15, -0.1) is 0 Å². The van der Waals surface area contributed by atoms with Crippen LogP contribution in [0.5, 0.6) is 5.75 Å². The van der Waals surface area contributed by atoms with Crippen LogP contribution in [0.2, 0.25) is 0 Å². The Morgan fingerprint density at radius 1 is 1.00 bits per heavy atom. The Morgan fingerprint density at radius 2 is 1.63 bits per heavy atom. The summed E-state index contributed by atoms with van der Waals surface area (Å²) in [6.07, 6.45) is 0.753. The number of fused-ring (bicyclic) bond motifs is 2. The van der Waals surface area contributed by atoms with E-state index in [1.54, 1.807) is 37.4 Å². The third kappa shape index (κ3) is 5.73. The van der Waals surface area contributed by atoms with Crippen molar-refractivity contribution in [2.24, 2.45) is 23.2 Å². The monoisotopic (exact) mass is 529 g/mol. The number of nitrogens with zero attached hydrogens (tertiary/aromatic N) is 1. The van der Waals surface area contributed by atoms with Crippen molar-refractivity contribution in [3.05, 3.63) is 65.2 Å². The number of likely N-dealkylation sites (tertiary alicyclic amines) is 1. The second kappa shape index (κ2) is 10.6. The van der Waals surface area contributed by atoms with Gasteiger partial charge >= 0.3 is 6.18 Å². The van der Waals surface area contributed by atoms with Crippen molar-refractivity contribution in [1.82, 2.24) is 4.90 Å². The summed E-state index contributed by atoms with van der Waals surface area (Å²) in [7, 11) is 1.55. The van der Waals surface area contributed by atoms with E-state index in [4.69, 9.17) is 9.47 Å². The number of amides is 1. The summed E-state index contributed by atoms with van der Waals surface area (Å²) in [6.45, 7) is 5.44. The van der Waals surface area contributed by atoms with Crippen molar-refractivity contribution in [2.45, 2.75) is 70.8 Å². The van der Waals surface area contributed by atoms with Gasteiger partial charge in [-0.1, -0.05) is 44.2 Å². The Labute approximate surface area is 223 Å². The topological polar surface area (TPSA) is 38.8 Å². The van der Waals surface area contributed by atoms with Crippen LogP contribution in [0.25, 0.3) is 0 Å².